The van der Waals surface area contributed by atoms with Crippen LogP contribution in [0.2, 0.25) is 5.02 Å². The van der Waals surface area contributed by atoms with E-state index < -0.39 is 10.0 Å². The molecule has 14 heavy (non-hydrogen) atoms. The second-order valence-corrected chi connectivity index (χ2v) is 5.27. The van der Waals surface area contributed by atoms with Gasteiger partial charge in [0.05, 0.1) is 11.5 Å². The molecule has 0 spiro atoms. The maximum absolute atomic E-state index is 11.1. The molecule has 5 heteroatoms. The second-order valence-electron chi connectivity index (χ2n) is 3.08. The van der Waals surface area contributed by atoms with Crippen LogP contribution in [0.15, 0.2) is 28.7 Å². The van der Waals surface area contributed by atoms with Gasteiger partial charge in [0, 0.05) is 11.4 Å². The first kappa shape index (κ1) is 9.68. The zero-order valence-corrected chi connectivity index (χ0v) is 8.85. The van der Waals surface area contributed by atoms with Crippen LogP contribution in [0.1, 0.15) is 12.0 Å². The molecule has 0 N–H and O–H groups in total. The predicted octanol–water partition coefficient (Wildman–Crippen LogP) is 1.86. The van der Waals surface area contributed by atoms with Gasteiger partial charge < -0.3 is 0 Å². The van der Waals surface area contributed by atoms with Crippen molar-refractivity contribution in [2.45, 2.75) is 6.42 Å². The Morgan fingerprint density at radius 2 is 1.86 bits per heavy atom. The summed E-state index contributed by atoms with van der Waals surface area (Å²) in [7, 11) is -3.20. The molecule has 1 aliphatic heterocycles. The van der Waals surface area contributed by atoms with E-state index in [4.69, 9.17) is 11.6 Å². The van der Waals surface area contributed by atoms with Gasteiger partial charge in [-0.3, -0.25) is 0 Å². The number of sulfonamides is 1. The van der Waals surface area contributed by atoms with Crippen LogP contribution in [0.4, 0.5) is 0 Å². The Morgan fingerprint density at radius 1 is 1.21 bits per heavy atom. The fourth-order valence-electron chi connectivity index (χ4n) is 1.32. The maximum Gasteiger partial charge on any atom is 0.253 e. The number of rotatable bonds is 1. The van der Waals surface area contributed by atoms with Crippen LogP contribution in [0.25, 0.3) is 0 Å². The molecule has 74 valence electrons. The molecule has 1 aromatic rings. The summed E-state index contributed by atoms with van der Waals surface area (Å²) >= 11 is 5.72. The Bertz CT molecular complexity index is 476. The zero-order chi connectivity index (χ0) is 10.2. The second kappa shape index (κ2) is 3.37. The van der Waals surface area contributed by atoms with Crippen molar-refractivity contribution in [3.63, 3.8) is 0 Å². The number of nitrogens with zero attached hydrogens (tertiary/aromatic N) is 1. The van der Waals surface area contributed by atoms with E-state index in [0.29, 0.717) is 17.2 Å². The van der Waals surface area contributed by atoms with Crippen LogP contribution < -0.4 is 0 Å². The zero-order valence-electron chi connectivity index (χ0n) is 7.27. The molecule has 0 bridgehead atoms. The van der Waals surface area contributed by atoms with E-state index in [1.54, 1.807) is 24.3 Å². The topological polar surface area (TPSA) is 46.5 Å². The first-order chi connectivity index (χ1) is 6.57. The fraction of sp³-hybridized carbons (Fsp3) is 0.222. The summed E-state index contributed by atoms with van der Waals surface area (Å²) in [6.07, 6.45) is 0.490. The lowest BCUT2D eigenvalue weighted by atomic mass is 10.1. The highest BCUT2D eigenvalue weighted by Crippen LogP contribution is 2.17. The minimum absolute atomic E-state index is 0.116. The van der Waals surface area contributed by atoms with Gasteiger partial charge in [0.15, 0.2) is 0 Å². The lowest BCUT2D eigenvalue weighted by Gasteiger charge is -1.97. The molecular formula is C9H8ClNO2S. The molecule has 1 heterocycles. The molecule has 3 nitrogen and oxygen atoms in total. The number of halogens is 1. The van der Waals surface area contributed by atoms with Crippen molar-refractivity contribution >= 4 is 27.3 Å². The molecule has 0 saturated heterocycles. The van der Waals surface area contributed by atoms with Crippen LogP contribution in [-0.2, 0) is 10.0 Å². The Balaban J connectivity index is 2.38. The van der Waals surface area contributed by atoms with Crippen molar-refractivity contribution in [3.05, 3.63) is 34.9 Å². The summed E-state index contributed by atoms with van der Waals surface area (Å²) in [5.41, 5.74) is 1.46. The SMILES string of the molecule is O=S1(=O)CCC(c2ccc(Cl)cc2)=N1. The molecule has 0 radical (unpaired) electrons. The molecule has 0 saturated carbocycles. The molecule has 0 atom stereocenters. The van der Waals surface area contributed by atoms with E-state index in [1.807, 2.05) is 0 Å². The third-order valence-electron chi connectivity index (χ3n) is 2.02. The van der Waals surface area contributed by atoms with Crippen molar-refractivity contribution < 1.29 is 8.42 Å². The molecule has 0 aromatic heterocycles. The average Bonchev–Trinajstić information content (AvgIpc) is 2.47. The highest BCUT2D eigenvalue weighted by Gasteiger charge is 2.20. The average molecular weight is 230 g/mol. The van der Waals surface area contributed by atoms with Crippen LogP contribution >= 0.6 is 11.6 Å². The smallest absolute Gasteiger partial charge is 0.205 e. The van der Waals surface area contributed by atoms with Gasteiger partial charge in [-0.2, -0.15) is 4.40 Å². The van der Waals surface area contributed by atoms with Crippen molar-refractivity contribution in [2.75, 3.05) is 5.75 Å². The first-order valence-electron chi connectivity index (χ1n) is 4.14. The standard InChI is InChI=1S/C9H8ClNO2S/c10-8-3-1-7(2-4-8)9-5-6-14(12,13)11-9/h1-4H,5-6H2. The van der Waals surface area contributed by atoms with E-state index in [0.717, 1.165) is 5.56 Å². The summed E-state index contributed by atoms with van der Waals surface area (Å²) < 4.78 is 25.8. The third-order valence-corrected chi connectivity index (χ3v) is 3.49. The van der Waals surface area contributed by atoms with Crippen molar-refractivity contribution in [2.24, 2.45) is 4.40 Å². The monoisotopic (exact) mass is 229 g/mol. The quantitative estimate of drug-likeness (QED) is 0.738. The molecular weight excluding hydrogens is 222 g/mol. The Hall–Kier alpha value is -0.870. The number of benzene rings is 1. The lowest BCUT2D eigenvalue weighted by Crippen LogP contribution is -1.96. The van der Waals surface area contributed by atoms with Crippen LogP contribution in [0.3, 0.4) is 0 Å². The van der Waals surface area contributed by atoms with Gasteiger partial charge in [-0.15, -0.1) is 0 Å². The van der Waals surface area contributed by atoms with Crippen molar-refractivity contribution in [1.29, 1.82) is 0 Å². The highest BCUT2D eigenvalue weighted by atomic mass is 35.5. The third kappa shape index (κ3) is 1.96. The van der Waals surface area contributed by atoms with Crippen molar-refractivity contribution in [1.82, 2.24) is 0 Å². The predicted molar refractivity (Wildman–Crippen MR) is 56.4 cm³/mol. The van der Waals surface area contributed by atoms with E-state index in [1.165, 1.54) is 0 Å². The largest absolute Gasteiger partial charge is 0.253 e. The summed E-state index contributed by atoms with van der Waals surface area (Å²) in [5, 5.41) is 0.634. The Kier molecular flexibility index (Phi) is 2.33. The fourth-order valence-corrected chi connectivity index (χ4v) is 2.53. The molecule has 0 unspecified atom stereocenters. The molecule has 1 aromatic carbocycles. The Morgan fingerprint density at radius 3 is 2.36 bits per heavy atom. The normalized spacial score (nSPS) is 19.4. The van der Waals surface area contributed by atoms with E-state index in [9.17, 15) is 8.42 Å². The number of hydrogen-bond acceptors (Lipinski definition) is 2. The van der Waals surface area contributed by atoms with E-state index in [2.05, 4.69) is 4.40 Å². The van der Waals surface area contributed by atoms with Crippen molar-refractivity contribution in [3.8, 4) is 0 Å². The number of hydrogen-bond donors (Lipinski definition) is 0. The lowest BCUT2D eigenvalue weighted by molar-refractivity contribution is 0.600. The van der Waals surface area contributed by atoms with Gasteiger partial charge in [0.1, 0.15) is 0 Å². The van der Waals surface area contributed by atoms with Gasteiger partial charge in [0.25, 0.3) is 10.0 Å². The molecule has 0 amide bonds. The van der Waals surface area contributed by atoms with E-state index in [-0.39, 0.29) is 5.75 Å². The minimum atomic E-state index is -3.20. The van der Waals surface area contributed by atoms with Crippen LogP contribution in [0, 0.1) is 0 Å². The molecule has 2 rings (SSSR count). The molecule has 0 aliphatic carbocycles. The summed E-state index contributed by atoms with van der Waals surface area (Å²) in [6.45, 7) is 0. The Labute approximate surface area is 87.5 Å². The first-order valence-corrected chi connectivity index (χ1v) is 6.13. The molecule has 0 fully saturated rings. The van der Waals surface area contributed by atoms with Gasteiger partial charge in [-0.05, 0) is 17.7 Å². The molecule has 1 aliphatic rings. The van der Waals surface area contributed by atoms with Gasteiger partial charge in [-0.25, -0.2) is 8.42 Å². The maximum atomic E-state index is 11.1. The van der Waals surface area contributed by atoms with Crippen LogP contribution in [-0.4, -0.2) is 19.9 Å². The van der Waals surface area contributed by atoms with Gasteiger partial charge in [0.2, 0.25) is 0 Å². The van der Waals surface area contributed by atoms with Crippen LogP contribution in [0.5, 0.6) is 0 Å². The van der Waals surface area contributed by atoms with Gasteiger partial charge >= 0.3 is 0 Å². The summed E-state index contributed by atoms with van der Waals surface area (Å²) in [5.74, 6) is 0.116. The highest BCUT2D eigenvalue weighted by molar-refractivity contribution is 7.90. The minimum Gasteiger partial charge on any atom is -0.205 e. The summed E-state index contributed by atoms with van der Waals surface area (Å²) in [4.78, 5) is 0. The summed E-state index contributed by atoms with van der Waals surface area (Å²) in [6, 6.07) is 7.01. The van der Waals surface area contributed by atoms with E-state index >= 15 is 0 Å². The van der Waals surface area contributed by atoms with Gasteiger partial charge in [-0.1, -0.05) is 23.7 Å².